The zero-order valence-electron chi connectivity index (χ0n) is 29.9. The van der Waals surface area contributed by atoms with Gasteiger partial charge in [-0.2, -0.15) is 0 Å². The Labute approximate surface area is 311 Å². The average Bonchev–Trinajstić information content (AvgIpc) is 3.67. The van der Waals surface area contributed by atoms with E-state index in [2.05, 4.69) is 192 Å². The molecule has 2 aliphatic carbocycles. The summed E-state index contributed by atoms with van der Waals surface area (Å²) < 4.78 is 2.41. The fraction of sp³-hybridized carbons (Fsp3) is 0.100. The maximum Gasteiger partial charge on any atom is 0.0537 e. The fourth-order valence-corrected chi connectivity index (χ4v) is 8.80. The predicted molar refractivity (Wildman–Crippen MR) is 221 cm³/mol. The van der Waals surface area contributed by atoms with Gasteiger partial charge in [-0.05, 0) is 112 Å². The number of pyridine rings is 1. The molecule has 2 heterocycles. The van der Waals surface area contributed by atoms with Crippen molar-refractivity contribution >= 4 is 34.0 Å². The smallest absolute Gasteiger partial charge is 0.0537 e. The first-order chi connectivity index (χ1) is 26.0. The van der Waals surface area contributed by atoms with Crippen LogP contribution in [-0.2, 0) is 11.8 Å². The molecule has 1 atom stereocenters. The molecule has 1 unspecified atom stereocenters. The lowest BCUT2D eigenvalue weighted by Gasteiger charge is -2.29. The largest absolute Gasteiger partial charge is 0.310 e. The number of para-hydroxylation sites is 2. The third kappa shape index (κ3) is 5.15. The molecule has 2 aliphatic rings. The average molecular weight is 682 g/mol. The van der Waals surface area contributed by atoms with Crippen LogP contribution in [0.15, 0.2) is 176 Å². The Kier molecular flexibility index (Phi) is 7.29. The van der Waals surface area contributed by atoms with E-state index in [4.69, 9.17) is 0 Å². The maximum atomic E-state index is 4.41. The number of rotatable bonds is 6. The maximum absolute atomic E-state index is 4.41. The van der Waals surface area contributed by atoms with Crippen LogP contribution in [0.1, 0.15) is 47.7 Å². The van der Waals surface area contributed by atoms with E-state index in [0.29, 0.717) is 0 Å². The molecule has 3 heteroatoms. The Bertz CT molecular complexity index is 2670. The molecule has 0 radical (unpaired) electrons. The summed E-state index contributed by atoms with van der Waals surface area (Å²) in [6, 6.07) is 57.6. The van der Waals surface area contributed by atoms with Crippen molar-refractivity contribution in [1.82, 2.24) is 9.55 Å². The van der Waals surface area contributed by atoms with Gasteiger partial charge >= 0.3 is 0 Å². The Morgan fingerprint density at radius 3 is 2.21 bits per heavy atom. The SMILES string of the molecule is CC1(C)c2ccccc2-c2ccc(N(c3ccc(C4C=Cc5c(c6ccccc6n5-c5ccccc5)C4)cc3)c3cccc(-c4cccnc4)c3)cc21. The molecule has 2 aromatic heterocycles. The van der Waals surface area contributed by atoms with Gasteiger partial charge in [-0.15, -0.1) is 0 Å². The van der Waals surface area contributed by atoms with Gasteiger partial charge in [0.1, 0.15) is 0 Å². The number of hydrogen-bond donors (Lipinski definition) is 0. The summed E-state index contributed by atoms with van der Waals surface area (Å²) in [5.74, 6) is 0.285. The normalized spacial score (nSPS) is 15.2. The summed E-state index contributed by atoms with van der Waals surface area (Å²) in [6.07, 6.45) is 9.46. The monoisotopic (exact) mass is 681 g/mol. The van der Waals surface area contributed by atoms with Crippen LogP contribution in [0.3, 0.4) is 0 Å². The second kappa shape index (κ2) is 12.4. The number of aromatic nitrogens is 2. The molecule has 0 aliphatic heterocycles. The molecule has 0 saturated heterocycles. The van der Waals surface area contributed by atoms with Crippen LogP contribution in [0.25, 0.3) is 44.9 Å². The molecule has 254 valence electrons. The Morgan fingerprint density at radius 1 is 0.623 bits per heavy atom. The minimum Gasteiger partial charge on any atom is -0.310 e. The van der Waals surface area contributed by atoms with Crippen molar-refractivity contribution in [1.29, 1.82) is 0 Å². The molecule has 0 bridgehead atoms. The minimum absolute atomic E-state index is 0.0924. The van der Waals surface area contributed by atoms with Gasteiger partial charge in [0.2, 0.25) is 0 Å². The fourth-order valence-electron chi connectivity index (χ4n) is 8.80. The number of hydrogen-bond acceptors (Lipinski definition) is 2. The van der Waals surface area contributed by atoms with Crippen LogP contribution < -0.4 is 4.90 Å². The van der Waals surface area contributed by atoms with E-state index >= 15 is 0 Å². The molecular formula is C50H39N3. The summed E-state index contributed by atoms with van der Waals surface area (Å²) in [5, 5.41) is 1.33. The molecule has 8 aromatic rings. The Hall–Kier alpha value is -6.45. The van der Waals surface area contributed by atoms with E-state index < -0.39 is 0 Å². The highest BCUT2D eigenvalue weighted by Gasteiger charge is 2.35. The molecule has 0 fully saturated rings. The second-order valence-corrected chi connectivity index (χ2v) is 14.8. The summed E-state index contributed by atoms with van der Waals surface area (Å²) in [7, 11) is 0. The van der Waals surface area contributed by atoms with Crippen LogP contribution in [0.2, 0.25) is 0 Å². The topological polar surface area (TPSA) is 21.1 Å². The lowest BCUT2D eigenvalue weighted by molar-refractivity contribution is 0.660. The second-order valence-electron chi connectivity index (χ2n) is 14.8. The number of fused-ring (bicyclic) bond motifs is 6. The van der Waals surface area contributed by atoms with Crippen LogP contribution in [-0.4, -0.2) is 9.55 Å². The highest BCUT2D eigenvalue weighted by atomic mass is 15.1. The first kappa shape index (κ1) is 31.3. The van der Waals surface area contributed by atoms with Gasteiger partial charge in [0, 0.05) is 63.1 Å². The first-order valence-electron chi connectivity index (χ1n) is 18.6. The van der Waals surface area contributed by atoms with Crippen LogP contribution in [0.4, 0.5) is 17.1 Å². The zero-order valence-corrected chi connectivity index (χ0v) is 29.9. The van der Waals surface area contributed by atoms with Crippen molar-refractivity contribution in [2.45, 2.75) is 31.6 Å². The van der Waals surface area contributed by atoms with Crippen molar-refractivity contribution in [2.24, 2.45) is 0 Å². The first-order valence-corrected chi connectivity index (χ1v) is 18.6. The minimum atomic E-state index is -0.0924. The van der Waals surface area contributed by atoms with Crippen molar-refractivity contribution in [2.75, 3.05) is 4.90 Å². The third-order valence-corrected chi connectivity index (χ3v) is 11.4. The lowest BCUT2D eigenvalue weighted by atomic mass is 9.82. The van der Waals surface area contributed by atoms with E-state index in [1.165, 1.54) is 55.7 Å². The number of anilines is 3. The van der Waals surface area contributed by atoms with Crippen molar-refractivity contribution in [3.8, 4) is 27.9 Å². The van der Waals surface area contributed by atoms with Crippen LogP contribution in [0, 0.1) is 0 Å². The van der Waals surface area contributed by atoms with Crippen LogP contribution in [0.5, 0.6) is 0 Å². The highest BCUT2D eigenvalue weighted by molar-refractivity contribution is 5.91. The van der Waals surface area contributed by atoms with Gasteiger partial charge in [0.05, 0.1) is 5.52 Å². The molecule has 6 aromatic carbocycles. The van der Waals surface area contributed by atoms with E-state index in [1.54, 1.807) is 0 Å². The van der Waals surface area contributed by atoms with Gasteiger partial charge < -0.3 is 9.47 Å². The predicted octanol–water partition coefficient (Wildman–Crippen LogP) is 12.8. The number of allylic oxidation sites excluding steroid dienone is 1. The van der Waals surface area contributed by atoms with Gasteiger partial charge in [0.15, 0.2) is 0 Å². The van der Waals surface area contributed by atoms with E-state index in [9.17, 15) is 0 Å². The molecule has 10 rings (SSSR count). The molecule has 3 nitrogen and oxygen atoms in total. The van der Waals surface area contributed by atoms with E-state index in [1.807, 2.05) is 18.5 Å². The highest BCUT2D eigenvalue weighted by Crippen LogP contribution is 2.51. The molecule has 0 amide bonds. The molecule has 53 heavy (non-hydrogen) atoms. The third-order valence-electron chi connectivity index (χ3n) is 11.4. The molecule has 0 saturated carbocycles. The molecular weight excluding hydrogens is 643 g/mol. The van der Waals surface area contributed by atoms with Gasteiger partial charge in [-0.3, -0.25) is 4.98 Å². The standard InChI is InChI=1S/C50H39N3/c1-50(2)46-19-8-6-17-42(46)43-27-26-41(32-47(43)50)52(40-16-10-12-35(30-40)37-13-11-29-51-33-37)39-24-21-34(22-25-39)36-23-28-49-45(31-36)44-18-7-9-20-48(44)53(49)38-14-4-3-5-15-38/h3-30,32-33,36H,31H2,1-2H3. The van der Waals surface area contributed by atoms with Crippen LogP contribution >= 0.6 is 0 Å². The lowest BCUT2D eigenvalue weighted by Crippen LogP contribution is -2.16. The van der Waals surface area contributed by atoms with Crippen molar-refractivity contribution in [3.63, 3.8) is 0 Å². The summed E-state index contributed by atoms with van der Waals surface area (Å²) in [4.78, 5) is 6.82. The van der Waals surface area contributed by atoms with Gasteiger partial charge in [-0.25, -0.2) is 0 Å². The summed E-state index contributed by atoms with van der Waals surface area (Å²) >= 11 is 0. The number of benzene rings is 6. The van der Waals surface area contributed by atoms with Crippen molar-refractivity contribution < 1.29 is 0 Å². The Balaban J connectivity index is 1.05. The van der Waals surface area contributed by atoms with E-state index in [0.717, 1.165) is 34.6 Å². The quantitative estimate of drug-likeness (QED) is 0.174. The van der Waals surface area contributed by atoms with Crippen molar-refractivity contribution in [3.05, 3.63) is 204 Å². The molecule has 0 N–H and O–H groups in total. The van der Waals surface area contributed by atoms with Gasteiger partial charge in [-0.1, -0.05) is 117 Å². The van der Waals surface area contributed by atoms with E-state index in [-0.39, 0.29) is 11.3 Å². The zero-order chi connectivity index (χ0) is 35.5. The van der Waals surface area contributed by atoms with Gasteiger partial charge in [0.25, 0.3) is 0 Å². The number of nitrogens with zero attached hydrogens (tertiary/aromatic N) is 3. The Morgan fingerprint density at radius 2 is 1.36 bits per heavy atom. The summed E-state index contributed by atoms with van der Waals surface area (Å²) in [5.41, 5.74) is 17.4. The summed E-state index contributed by atoms with van der Waals surface area (Å²) in [6.45, 7) is 4.70. The molecule has 0 spiro atoms.